The van der Waals surface area contributed by atoms with Gasteiger partial charge < -0.3 is 9.73 Å². The number of oxazole rings is 1. The van der Waals surface area contributed by atoms with E-state index in [0.29, 0.717) is 11.7 Å². The molecule has 0 atom stereocenters. The van der Waals surface area contributed by atoms with Gasteiger partial charge in [-0.3, -0.25) is 9.69 Å². The molecule has 0 unspecified atom stereocenters. The van der Waals surface area contributed by atoms with E-state index < -0.39 is 11.6 Å². The number of nitrogens with one attached hydrogen (secondary N) is 1. The van der Waals surface area contributed by atoms with Crippen LogP contribution in [0.15, 0.2) is 39.4 Å². The molecule has 0 radical (unpaired) electrons. The number of carbonyl (C=O) groups excluding carboxylic acids is 2. The second kappa shape index (κ2) is 5.24. The number of halogens is 1. The lowest BCUT2D eigenvalue weighted by Gasteiger charge is -2.14. The van der Waals surface area contributed by atoms with E-state index in [1.807, 2.05) is 24.3 Å². The van der Waals surface area contributed by atoms with Crippen LogP contribution in [-0.2, 0) is 11.3 Å². The van der Waals surface area contributed by atoms with Gasteiger partial charge in [0.1, 0.15) is 12.1 Å². The summed E-state index contributed by atoms with van der Waals surface area (Å²) in [6.07, 6.45) is 1.58. The van der Waals surface area contributed by atoms with Crippen molar-refractivity contribution in [1.29, 1.82) is 0 Å². The Labute approximate surface area is 135 Å². The molecule has 1 aromatic carbocycles. The average molecular weight is 364 g/mol. The van der Waals surface area contributed by atoms with Crippen molar-refractivity contribution in [3.8, 4) is 11.3 Å². The maximum Gasteiger partial charge on any atom is 0.325 e. The molecule has 1 N–H and O–H groups in total. The van der Waals surface area contributed by atoms with Gasteiger partial charge in [0.25, 0.3) is 5.91 Å². The number of nitrogens with zero attached hydrogens (tertiary/aromatic N) is 2. The Bertz CT molecular complexity index is 754. The Kier molecular flexibility index (Phi) is 3.52. The summed E-state index contributed by atoms with van der Waals surface area (Å²) < 4.78 is 6.55. The van der Waals surface area contributed by atoms with Crippen molar-refractivity contribution in [2.45, 2.75) is 25.9 Å². The molecule has 3 rings (SSSR count). The predicted octanol–water partition coefficient (Wildman–Crippen LogP) is 2.93. The Morgan fingerprint density at radius 1 is 1.32 bits per heavy atom. The van der Waals surface area contributed by atoms with Crippen molar-refractivity contribution in [3.63, 3.8) is 0 Å². The van der Waals surface area contributed by atoms with E-state index in [2.05, 4.69) is 26.2 Å². The molecule has 7 heteroatoms. The Morgan fingerprint density at radius 3 is 2.68 bits per heavy atom. The first-order valence-electron chi connectivity index (χ1n) is 6.72. The van der Waals surface area contributed by atoms with Crippen molar-refractivity contribution >= 4 is 27.9 Å². The van der Waals surface area contributed by atoms with Crippen molar-refractivity contribution in [2.24, 2.45) is 0 Å². The lowest BCUT2D eigenvalue weighted by molar-refractivity contribution is -0.130. The fourth-order valence-corrected chi connectivity index (χ4v) is 2.75. The zero-order chi connectivity index (χ0) is 15.9. The molecule has 6 nitrogen and oxygen atoms in total. The van der Waals surface area contributed by atoms with Crippen LogP contribution in [0.5, 0.6) is 0 Å². The lowest BCUT2D eigenvalue weighted by atomic mass is 10.1. The van der Waals surface area contributed by atoms with Gasteiger partial charge in [0.15, 0.2) is 5.76 Å². The zero-order valence-corrected chi connectivity index (χ0v) is 13.7. The third-order valence-corrected chi connectivity index (χ3v) is 4.12. The van der Waals surface area contributed by atoms with E-state index in [1.54, 1.807) is 20.0 Å². The maximum absolute atomic E-state index is 12.1. The number of imide groups is 1. The fourth-order valence-electron chi connectivity index (χ4n) is 2.27. The summed E-state index contributed by atoms with van der Waals surface area (Å²) in [6.45, 7) is 3.34. The zero-order valence-electron chi connectivity index (χ0n) is 12.1. The third-order valence-electron chi connectivity index (χ3n) is 3.43. The highest BCUT2D eigenvalue weighted by Gasteiger charge is 2.44. The molecular weight excluding hydrogens is 350 g/mol. The van der Waals surface area contributed by atoms with Gasteiger partial charge in [-0.2, -0.15) is 0 Å². The van der Waals surface area contributed by atoms with E-state index in [1.165, 1.54) is 0 Å². The smallest absolute Gasteiger partial charge is 0.325 e. The highest BCUT2D eigenvalue weighted by molar-refractivity contribution is 9.10. The van der Waals surface area contributed by atoms with E-state index in [0.717, 1.165) is 14.9 Å². The largest absolute Gasteiger partial charge is 0.439 e. The Balaban J connectivity index is 1.83. The maximum atomic E-state index is 12.1. The third kappa shape index (κ3) is 2.52. The topological polar surface area (TPSA) is 75.4 Å². The van der Waals surface area contributed by atoms with Gasteiger partial charge in [0.2, 0.25) is 5.89 Å². The van der Waals surface area contributed by atoms with Gasteiger partial charge in [-0.1, -0.05) is 34.1 Å². The Hall–Kier alpha value is -2.15. The number of carbonyl (C=O) groups is 2. The van der Waals surface area contributed by atoms with E-state index in [4.69, 9.17) is 4.42 Å². The first-order chi connectivity index (χ1) is 10.4. The van der Waals surface area contributed by atoms with E-state index in [9.17, 15) is 9.59 Å². The van der Waals surface area contributed by atoms with E-state index >= 15 is 0 Å². The molecule has 0 saturated carbocycles. The summed E-state index contributed by atoms with van der Waals surface area (Å²) in [5, 5.41) is 2.62. The van der Waals surface area contributed by atoms with Gasteiger partial charge >= 0.3 is 6.03 Å². The molecule has 1 aromatic heterocycles. The number of hydrogen-bond donors (Lipinski definition) is 1. The molecule has 0 spiro atoms. The minimum atomic E-state index is -0.894. The summed E-state index contributed by atoms with van der Waals surface area (Å²) in [5.74, 6) is 0.596. The number of amides is 3. The van der Waals surface area contributed by atoms with Crippen LogP contribution in [0.3, 0.4) is 0 Å². The number of aromatic nitrogens is 1. The van der Waals surface area contributed by atoms with Crippen molar-refractivity contribution in [3.05, 3.63) is 40.8 Å². The van der Waals surface area contributed by atoms with Crippen LogP contribution < -0.4 is 5.32 Å². The number of rotatable bonds is 3. The molecule has 1 fully saturated rings. The normalized spacial score (nSPS) is 17.0. The molecule has 0 aliphatic carbocycles. The van der Waals surface area contributed by atoms with Crippen molar-refractivity contribution in [1.82, 2.24) is 15.2 Å². The average Bonchev–Trinajstić information content (AvgIpc) is 2.98. The second-order valence-electron chi connectivity index (χ2n) is 5.54. The molecule has 2 heterocycles. The highest BCUT2D eigenvalue weighted by Crippen LogP contribution is 2.29. The van der Waals surface area contributed by atoms with Crippen LogP contribution in [0.4, 0.5) is 4.79 Å². The quantitative estimate of drug-likeness (QED) is 0.850. The lowest BCUT2D eigenvalue weighted by Crippen LogP contribution is -2.40. The summed E-state index contributed by atoms with van der Waals surface area (Å²) in [4.78, 5) is 29.3. The molecule has 2 aromatic rings. The van der Waals surface area contributed by atoms with Crippen LogP contribution in [0.2, 0.25) is 0 Å². The summed E-state index contributed by atoms with van der Waals surface area (Å²) >= 11 is 3.45. The van der Waals surface area contributed by atoms with Crippen LogP contribution in [0, 0.1) is 0 Å². The summed E-state index contributed by atoms with van der Waals surface area (Å²) in [7, 11) is 0. The predicted molar refractivity (Wildman–Crippen MR) is 82.8 cm³/mol. The van der Waals surface area contributed by atoms with Crippen LogP contribution >= 0.6 is 15.9 Å². The summed E-state index contributed by atoms with van der Waals surface area (Å²) in [5.41, 5.74) is -0.0339. The number of urea groups is 1. The molecule has 3 amide bonds. The van der Waals surface area contributed by atoms with Crippen molar-refractivity contribution in [2.75, 3.05) is 0 Å². The molecule has 0 bridgehead atoms. The summed E-state index contributed by atoms with van der Waals surface area (Å²) in [6, 6.07) is 7.15. The van der Waals surface area contributed by atoms with Gasteiger partial charge in [0, 0.05) is 10.0 Å². The number of benzene rings is 1. The Morgan fingerprint density at radius 2 is 2.05 bits per heavy atom. The molecule has 114 valence electrons. The molecule has 22 heavy (non-hydrogen) atoms. The highest BCUT2D eigenvalue weighted by atomic mass is 79.9. The monoisotopic (exact) mass is 363 g/mol. The second-order valence-corrected chi connectivity index (χ2v) is 6.40. The minimum absolute atomic E-state index is 0.0124. The van der Waals surface area contributed by atoms with E-state index in [-0.39, 0.29) is 12.5 Å². The molecule has 1 saturated heterocycles. The van der Waals surface area contributed by atoms with Crippen molar-refractivity contribution < 1.29 is 14.0 Å². The first-order valence-corrected chi connectivity index (χ1v) is 7.51. The molecule has 1 aliphatic heterocycles. The minimum Gasteiger partial charge on any atom is -0.439 e. The van der Waals surface area contributed by atoms with Crippen LogP contribution in [-0.4, -0.2) is 27.4 Å². The molecular formula is C15H14BrN3O3. The van der Waals surface area contributed by atoms with Gasteiger partial charge in [-0.25, -0.2) is 9.78 Å². The number of hydrogen-bond acceptors (Lipinski definition) is 4. The molecule has 1 aliphatic rings. The van der Waals surface area contributed by atoms with Crippen LogP contribution in [0.1, 0.15) is 19.7 Å². The fraction of sp³-hybridized carbons (Fsp3) is 0.267. The van der Waals surface area contributed by atoms with Gasteiger partial charge in [-0.05, 0) is 19.9 Å². The first kappa shape index (κ1) is 14.8. The van der Waals surface area contributed by atoms with Crippen LogP contribution in [0.25, 0.3) is 11.3 Å². The van der Waals surface area contributed by atoms with Gasteiger partial charge in [0.05, 0.1) is 6.20 Å². The standard InChI is InChI=1S/C15H14BrN3O3/c1-15(2)13(20)19(14(21)18-15)8-12-17-7-11(22-12)9-5-3-4-6-10(9)16/h3-7H,8H2,1-2H3,(H,18,21). The SMILES string of the molecule is CC1(C)NC(=O)N(Cc2ncc(-c3ccccc3Br)o2)C1=O. The van der Waals surface area contributed by atoms with Gasteiger partial charge in [-0.15, -0.1) is 0 Å².